The van der Waals surface area contributed by atoms with Crippen LogP contribution in [-0.4, -0.2) is 11.1 Å². The molecule has 0 bridgehead atoms. The number of fused-ring (bicyclic) bond motifs is 1. The summed E-state index contributed by atoms with van der Waals surface area (Å²) < 4.78 is 5.64. The van der Waals surface area contributed by atoms with Gasteiger partial charge in [0.25, 0.3) is 0 Å². The first-order valence-corrected chi connectivity index (χ1v) is 5.74. The number of carbonyl (C=O) groups is 1. The Morgan fingerprint density at radius 1 is 1.33 bits per heavy atom. The second-order valence-corrected chi connectivity index (χ2v) is 4.35. The van der Waals surface area contributed by atoms with E-state index in [1.165, 1.54) is 6.07 Å². The first-order chi connectivity index (χ1) is 8.49. The van der Waals surface area contributed by atoms with E-state index in [1.807, 2.05) is 19.9 Å². The highest BCUT2D eigenvalue weighted by atomic mass is 16.4. The van der Waals surface area contributed by atoms with Crippen molar-refractivity contribution in [3.8, 4) is 0 Å². The van der Waals surface area contributed by atoms with E-state index in [4.69, 9.17) is 9.52 Å². The van der Waals surface area contributed by atoms with Crippen LogP contribution in [-0.2, 0) is 11.2 Å². The standard InChI is InChI=1S/C14H14O4/c1-8-3-5-11-12(15)7-10(4-6-13(16)17)18-14(11)9(8)2/h3,5,7H,4,6H2,1-2H3,(H,16,17). The third kappa shape index (κ3) is 2.27. The van der Waals surface area contributed by atoms with E-state index in [9.17, 15) is 9.59 Å². The molecule has 0 saturated heterocycles. The Kier molecular flexibility index (Phi) is 3.19. The Morgan fingerprint density at radius 2 is 2.06 bits per heavy atom. The third-order valence-corrected chi connectivity index (χ3v) is 3.05. The van der Waals surface area contributed by atoms with Gasteiger partial charge in [0, 0.05) is 12.5 Å². The van der Waals surface area contributed by atoms with Crippen LogP contribution in [0.1, 0.15) is 23.3 Å². The highest BCUT2D eigenvalue weighted by molar-refractivity contribution is 5.80. The Bertz CT molecular complexity index is 667. The average molecular weight is 246 g/mol. The summed E-state index contributed by atoms with van der Waals surface area (Å²) in [5.74, 6) is -0.484. The molecule has 4 nitrogen and oxygen atoms in total. The van der Waals surface area contributed by atoms with Gasteiger partial charge >= 0.3 is 5.97 Å². The molecular weight excluding hydrogens is 232 g/mol. The fourth-order valence-electron chi connectivity index (χ4n) is 1.85. The van der Waals surface area contributed by atoms with Crippen molar-refractivity contribution < 1.29 is 14.3 Å². The van der Waals surface area contributed by atoms with Crippen LogP contribution >= 0.6 is 0 Å². The molecule has 0 saturated carbocycles. The minimum Gasteiger partial charge on any atom is -0.481 e. The molecule has 0 aliphatic heterocycles. The number of rotatable bonds is 3. The Morgan fingerprint density at radius 3 is 2.72 bits per heavy atom. The number of benzene rings is 1. The molecule has 0 unspecified atom stereocenters. The van der Waals surface area contributed by atoms with Crippen molar-refractivity contribution in [1.82, 2.24) is 0 Å². The van der Waals surface area contributed by atoms with Crippen LogP contribution in [0, 0.1) is 13.8 Å². The lowest BCUT2D eigenvalue weighted by Gasteiger charge is -2.06. The van der Waals surface area contributed by atoms with Crippen LogP contribution in [0.2, 0.25) is 0 Å². The molecule has 0 aliphatic carbocycles. The molecule has 18 heavy (non-hydrogen) atoms. The molecule has 1 N–H and O–H groups in total. The molecule has 0 atom stereocenters. The zero-order chi connectivity index (χ0) is 13.3. The fraction of sp³-hybridized carbons (Fsp3) is 0.286. The van der Waals surface area contributed by atoms with E-state index in [0.29, 0.717) is 16.7 Å². The van der Waals surface area contributed by atoms with Crippen LogP contribution < -0.4 is 5.43 Å². The summed E-state index contributed by atoms with van der Waals surface area (Å²) in [7, 11) is 0. The number of carboxylic acids is 1. The first kappa shape index (κ1) is 12.4. The van der Waals surface area contributed by atoms with Gasteiger partial charge in [-0.1, -0.05) is 6.07 Å². The summed E-state index contributed by atoms with van der Waals surface area (Å²) in [5.41, 5.74) is 2.39. The number of aryl methyl sites for hydroxylation is 3. The second-order valence-electron chi connectivity index (χ2n) is 4.35. The monoisotopic (exact) mass is 246 g/mol. The number of carboxylic acid groups (broad SMARTS) is 1. The highest BCUT2D eigenvalue weighted by Crippen LogP contribution is 2.20. The topological polar surface area (TPSA) is 67.5 Å². The van der Waals surface area contributed by atoms with Crippen LogP contribution in [0.25, 0.3) is 11.0 Å². The van der Waals surface area contributed by atoms with Crippen LogP contribution in [0.15, 0.2) is 27.4 Å². The van der Waals surface area contributed by atoms with E-state index in [2.05, 4.69) is 0 Å². The minimum atomic E-state index is -0.904. The highest BCUT2D eigenvalue weighted by Gasteiger charge is 2.09. The predicted octanol–water partition coefficient (Wildman–Crippen LogP) is 2.43. The van der Waals surface area contributed by atoms with E-state index >= 15 is 0 Å². The predicted molar refractivity (Wildman–Crippen MR) is 67.9 cm³/mol. The van der Waals surface area contributed by atoms with E-state index < -0.39 is 5.97 Å². The summed E-state index contributed by atoms with van der Waals surface area (Å²) in [6.45, 7) is 3.83. The lowest BCUT2D eigenvalue weighted by molar-refractivity contribution is -0.137. The molecule has 0 radical (unpaired) electrons. The van der Waals surface area contributed by atoms with E-state index in [0.717, 1.165) is 11.1 Å². The van der Waals surface area contributed by atoms with Crippen molar-refractivity contribution in [1.29, 1.82) is 0 Å². The van der Waals surface area contributed by atoms with Gasteiger partial charge < -0.3 is 9.52 Å². The Hall–Kier alpha value is -2.10. The molecule has 4 heteroatoms. The zero-order valence-corrected chi connectivity index (χ0v) is 10.3. The van der Waals surface area contributed by atoms with Crippen molar-refractivity contribution in [2.45, 2.75) is 26.7 Å². The number of hydrogen-bond acceptors (Lipinski definition) is 3. The first-order valence-electron chi connectivity index (χ1n) is 5.74. The van der Waals surface area contributed by atoms with Gasteiger partial charge in [-0.2, -0.15) is 0 Å². The van der Waals surface area contributed by atoms with E-state index in [1.54, 1.807) is 6.07 Å². The summed E-state index contributed by atoms with van der Waals surface area (Å²) in [6, 6.07) is 5.00. The van der Waals surface area contributed by atoms with Crippen LogP contribution in [0.5, 0.6) is 0 Å². The summed E-state index contributed by atoms with van der Waals surface area (Å²) in [6.07, 6.45) is 0.188. The van der Waals surface area contributed by atoms with Gasteiger partial charge in [-0.05, 0) is 31.0 Å². The Labute approximate surface area is 104 Å². The normalized spacial score (nSPS) is 10.8. The molecule has 0 fully saturated rings. The minimum absolute atomic E-state index is 0.0424. The molecular formula is C14H14O4. The zero-order valence-electron chi connectivity index (χ0n) is 10.3. The van der Waals surface area contributed by atoms with Gasteiger partial charge in [-0.15, -0.1) is 0 Å². The Balaban J connectivity index is 2.56. The van der Waals surface area contributed by atoms with Gasteiger partial charge in [-0.25, -0.2) is 0 Å². The molecule has 1 aromatic heterocycles. The van der Waals surface area contributed by atoms with Gasteiger partial charge in [0.1, 0.15) is 11.3 Å². The maximum atomic E-state index is 11.9. The van der Waals surface area contributed by atoms with Crippen molar-refractivity contribution in [3.63, 3.8) is 0 Å². The van der Waals surface area contributed by atoms with Crippen molar-refractivity contribution in [2.75, 3.05) is 0 Å². The van der Waals surface area contributed by atoms with E-state index in [-0.39, 0.29) is 18.3 Å². The lowest BCUT2D eigenvalue weighted by Crippen LogP contribution is -2.05. The van der Waals surface area contributed by atoms with Crippen LogP contribution in [0.4, 0.5) is 0 Å². The maximum absolute atomic E-state index is 11.9. The SMILES string of the molecule is Cc1ccc2c(=O)cc(CCC(=O)O)oc2c1C. The third-order valence-electron chi connectivity index (χ3n) is 3.05. The van der Waals surface area contributed by atoms with Gasteiger partial charge in [-0.3, -0.25) is 9.59 Å². The van der Waals surface area contributed by atoms with Gasteiger partial charge in [0.05, 0.1) is 11.8 Å². The number of hydrogen-bond donors (Lipinski definition) is 1. The van der Waals surface area contributed by atoms with Crippen molar-refractivity contribution >= 4 is 16.9 Å². The van der Waals surface area contributed by atoms with Crippen molar-refractivity contribution in [3.05, 3.63) is 45.3 Å². The van der Waals surface area contributed by atoms with Gasteiger partial charge in [0.15, 0.2) is 5.43 Å². The molecule has 0 aliphatic rings. The summed E-state index contributed by atoms with van der Waals surface area (Å²) in [4.78, 5) is 22.4. The molecule has 1 heterocycles. The lowest BCUT2D eigenvalue weighted by atomic mass is 10.1. The van der Waals surface area contributed by atoms with Gasteiger partial charge in [0.2, 0.25) is 0 Å². The number of aliphatic carboxylic acids is 1. The molecule has 0 spiro atoms. The van der Waals surface area contributed by atoms with Crippen LogP contribution in [0.3, 0.4) is 0 Å². The molecule has 1 aromatic carbocycles. The summed E-state index contributed by atoms with van der Waals surface area (Å²) in [5, 5.41) is 9.18. The second kappa shape index (κ2) is 4.64. The fourth-order valence-corrected chi connectivity index (χ4v) is 1.85. The summed E-state index contributed by atoms with van der Waals surface area (Å²) >= 11 is 0. The average Bonchev–Trinajstić information content (AvgIpc) is 2.32. The molecule has 0 amide bonds. The van der Waals surface area contributed by atoms with Crippen molar-refractivity contribution in [2.24, 2.45) is 0 Å². The molecule has 94 valence electrons. The quantitative estimate of drug-likeness (QED) is 0.903. The molecule has 2 rings (SSSR count). The largest absolute Gasteiger partial charge is 0.481 e. The maximum Gasteiger partial charge on any atom is 0.303 e. The molecule has 2 aromatic rings. The smallest absolute Gasteiger partial charge is 0.303 e.